The summed E-state index contributed by atoms with van der Waals surface area (Å²) in [6.45, 7) is 0.614. The fourth-order valence-corrected chi connectivity index (χ4v) is 2.93. The summed E-state index contributed by atoms with van der Waals surface area (Å²) in [5, 5.41) is 7.80. The lowest BCUT2D eigenvalue weighted by Crippen LogP contribution is -2.39. The van der Waals surface area contributed by atoms with E-state index in [9.17, 15) is 13.2 Å². The second-order valence-corrected chi connectivity index (χ2v) is 6.69. The number of primary sulfonamides is 1. The van der Waals surface area contributed by atoms with Gasteiger partial charge in [-0.3, -0.25) is 4.79 Å². The van der Waals surface area contributed by atoms with Crippen LogP contribution in [0.2, 0.25) is 0 Å². The van der Waals surface area contributed by atoms with Gasteiger partial charge in [0.15, 0.2) is 5.76 Å². The van der Waals surface area contributed by atoms with Gasteiger partial charge in [-0.05, 0) is 31.7 Å². The molecule has 0 aliphatic heterocycles. The largest absolute Gasteiger partial charge is 0.458 e. The van der Waals surface area contributed by atoms with Crippen molar-refractivity contribution < 1.29 is 17.6 Å². The highest BCUT2D eigenvalue weighted by Gasteiger charge is 2.24. The van der Waals surface area contributed by atoms with E-state index < -0.39 is 15.9 Å². The second-order valence-electron chi connectivity index (χ2n) is 5.13. The summed E-state index contributed by atoms with van der Waals surface area (Å²) < 4.78 is 27.2. The molecule has 2 atom stereocenters. The molecule has 20 heavy (non-hydrogen) atoms. The maximum absolute atomic E-state index is 12.0. The fraction of sp³-hybridized carbons (Fsp3) is 0.583. The molecule has 2 rings (SSSR count). The van der Waals surface area contributed by atoms with Gasteiger partial charge in [-0.1, -0.05) is 6.42 Å². The van der Waals surface area contributed by atoms with E-state index in [2.05, 4.69) is 5.32 Å². The first-order chi connectivity index (χ1) is 9.40. The molecule has 1 heterocycles. The molecule has 2 unspecified atom stereocenters. The number of hydrogen-bond acceptors (Lipinski definition) is 5. The van der Waals surface area contributed by atoms with E-state index in [1.165, 1.54) is 0 Å². The van der Waals surface area contributed by atoms with E-state index in [1.807, 2.05) is 0 Å². The number of sulfonamides is 1. The van der Waals surface area contributed by atoms with Gasteiger partial charge in [-0.25, -0.2) is 13.6 Å². The standard InChI is InChI=1S/C12H19N3O4S/c13-6-8-2-1-3-9(4-8)15-12(16)11-5-10(7-19-11)20(14,17)18/h5,7-9H,1-4,6,13H2,(H,15,16)(H2,14,17,18). The summed E-state index contributed by atoms with van der Waals surface area (Å²) in [5.41, 5.74) is 5.65. The second kappa shape index (κ2) is 5.94. The van der Waals surface area contributed by atoms with E-state index in [0.29, 0.717) is 12.5 Å². The molecule has 8 heteroatoms. The predicted molar refractivity (Wildman–Crippen MR) is 72.3 cm³/mol. The van der Waals surface area contributed by atoms with E-state index in [-0.39, 0.29) is 16.7 Å². The number of hydrogen-bond donors (Lipinski definition) is 3. The van der Waals surface area contributed by atoms with Crippen LogP contribution in [0.25, 0.3) is 0 Å². The van der Waals surface area contributed by atoms with Gasteiger partial charge in [0.1, 0.15) is 11.2 Å². The summed E-state index contributed by atoms with van der Waals surface area (Å²) in [6, 6.07) is 1.18. The molecule has 0 radical (unpaired) electrons. The van der Waals surface area contributed by atoms with E-state index in [1.54, 1.807) is 0 Å². The summed E-state index contributed by atoms with van der Waals surface area (Å²) in [5.74, 6) is -0.0582. The van der Waals surface area contributed by atoms with Crippen molar-refractivity contribution in [2.24, 2.45) is 16.8 Å². The van der Waals surface area contributed by atoms with Gasteiger partial charge in [0.05, 0.1) is 0 Å². The summed E-state index contributed by atoms with van der Waals surface area (Å²) in [4.78, 5) is 11.8. The maximum Gasteiger partial charge on any atom is 0.287 e. The van der Waals surface area contributed by atoms with Gasteiger partial charge in [0.2, 0.25) is 10.0 Å². The van der Waals surface area contributed by atoms with Crippen LogP contribution in [-0.4, -0.2) is 26.9 Å². The summed E-state index contributed by atoms with van der Waals surface area (Å²) in [7, 11) is -3.85. The third-order valence-electron chi connectivity index (χ3n) is 3.58. The molecule has 1 aliphatic rings. The number of nitrogens with one attached hydrogen (secondary N) is 1. The Bertz CT molecular complexity index is 581. The van der Waals surface area contributed by atoms with Crippen LogP contribution in [-0.2, 0) is 10.0 Å². The fourth-order valence-electron chi connectivity index (χ4n) is 2.48. The van der Waals surface area contributed by atoms with Crippen LogP contribution in [0.1, 0.15) is 36.2 Å². The average molecular weight is 301 g/mol. The SMILES string of the molecule is NCC1CCCC(NC(=O)c2cc(S(N)(=O)=O)co2)C1. The first-order valence-electron chi connectivity index (χ1n) is 6.52. The number of carbonyl (C=O) groups excluding carboxylic acids is 1. The molecule has 0 bridgehead atoms. The zero-order valence-electron chi connectivity index (χ0n) is 11.0. The molecular formula is C12H19N3O4S. The monoisotopic (exact) mass is 301 g/mol. The summed E-state index contributed by atoms with van der Waals surface area (Å²) >= 11 is 0. The van der Waals surface area contributed by atoms with Gasteiger partial charge in [0.25, 0.3) is 5.91 Å². The molecule has 7 nitrogen and oxygen atoms in total. The van der Waals surface area contributed by atoms with Crippen molar-refractivity contribution in [1.29, 1.82) is 0 Å². The third-order valence-corrected chi connectivity index (χ3v) is 4.45. The smallest absolute Gasteiger partial charge is 0.287 e. The zero-order valence-corrected chi connectivity index (χ0v) is 11.9. The van der Waals surface area contributed by atoms with Crippen molar-refractivity contribution in [2.45, 2.75) is 36.6 Å². The van der Waals surface area contributed by atoms with Crippen LogP contribution < -0.4 is 16.2 Å². The number of carbonyl (C=O) groups is 1. The highest BCUT2D eigenvalue weighted by molar-refractivity contribution is 7.89. The molecule has 5 N–H and O–H groups in total. The van der Waals surface area contributed by atoms with Crippen LogP contribution in [0, 0.1) is 5.92 Å². The Morgan fingerprint density at radius 1 is 1.45 bits per heavy atom. The number of rotatable bonds is 4. The van der Waals surface area contributed by atoms with Crippen molar-refractivity contribution in [3.63, 3.8) is 0 Å². The van der Waals surface area contributed by atoms with Crippen molar-refractivity contribution in [2.75, 3.05) is 6.54 Å². The van der Waals surface area contributed by atoms with E-state index in [0.717, 1.165) is 38.0 Å². The van der Waals surface area contributed by atoms with Crippen LogP contribution in [0.4, 0.5) is 0 Å². The van der Waals surface area contributed by atoms with Gasteiger partial charge >= 0.3 is 0 Å². The Labute approximate surface area is 117 Å². The number of amides is 1. The predicted octanol–water partition coefficient (Wildman–Crippen LogP) is 0.174. The lowest BCUT2D eigenvalue weighted by Gasteiger charge is -2.28. The molecule has 0 saturated heterocycles. The molecule has 1 aromatic rings. The Morgan fingerprint density at radius 2 is 2.20 bits per heavy atom. The Balaban J connectivity index is 2.00. The van der Waals surface area contributed by atoms with E-state index >= 15 is 0 Å². The average Bonchev–Trinajstić information content (AvgIpc) is 2.88. The Hall–Kier alpha value is -1.38. The Kier molecular flexibility index (Phi) is 4.46. The summed E-state index contributed by atoms with van der Waals surface area (Å²) in [6.07, 6.45) is 4.80. The molecule has 1 saturated carbocycles. The molecule has 1 amide bonds. The van der Waals surface area contributed by atoms with E-state index in [4.69, 9.17) is 15.3 Å². The highest BCUT2D eigenvalue weighted by Crippen LogP contribution is 2.23. The molecule has 1 aromatic heterocycles. The lowest BCUT2D eigenvalue weighted by atomic mass is 9.86. The zero-order chi connectivity index (χ0) is 14.8. The normalized spacial score (nSPS) is 23.5. The van der Waals surface area contributed by atoms with Crippen LogP contribution in [0.15, 0.2) is 21.6 Å². The van der Waals surface area contributed by atoms with Gasteiger partial charge in [0, 0.05) is 12.1 Å². The quantitative estimate of drug-likeness (QED) is 0.730. The first kappa shape index (κ1) is 15.0. The topological polar surface area (TPSA) is 128 Å². The molecule has 0 spiro atoms. The lowest BCUT2D eigenvalue weighted by molar-refractivity contribution is 0.0892. The van der Waals surface area contributed by atoms with Gasteiger partial charge in [-0.2, -0.15) is 0 Å². The third kappa shape index (κ3) is 3.59. The van der Waals surface area contributed by atoms with Crippen LogP contribution in [0.5, 0.6) is 0 Å². The minimum Gasteiger partial charge on any atom is -0.458 e. The molecular weight excluding hydrogens is 282 g/mol. The Morgan fingerprint density at radius 3 is 2.80 bits per heavy atom. The minimum absolute atomic E-state index is 0.0489. The van der Waals surface area contributed by atoms with Crippen LogP contribution in [0.3, 0.4) is 0 Å². The van der Waals surface area contributed by atoms with Crippen molar-refractivity contribution in [3.05, 3.63) is 18.1 Å². The van der Waals surface area contributed by atoms with Gasteiger partial charge in [-0.15, -0.1) is 0 Å². The minimum atomic E-state index is -3.85. The van der Waals surface area contributed by atoms with Crippen LogP contribution >= 0.6 is 0 Å². The highest BCUT2D eigenvalue weighted by atomic mass is 32.2. The van der Waals surface area contributed by atoms with Crippen molar-refractivity contribution in [1.82, 2.24) is 5.32 Å². The maximum atomic E-state index is 12.0. The number of furan rings is 1. The van der Waals surface area contributed by atoms with Gasteiger partial charge < -0.3 is 15.5 Å². The molecule has 1 fully saturated rings. The molecule has 112 valence electrons. The number of nitrogens with two attached hydrogens (primary N) is 2. The molecule has 0 aromatic carbocycles. The first-order valence-corrected chi connectivity index (χ1v) is 8.07. The van der Waals surface area contributed by atoms with Crippen molar-refractivity contribution in [3.8, 4) is 0 Å². The van der Waals surface area contributed by atoms with Crippen molar-refractivity contribution >= 4 is 15.9 Å². The molecule has 1 aliphatic carbocycles.